The molecule has 1 aliphatic heterocycles. The van der Waals surface area contributed by atoms with Gasteiger partial charge in [0.1, 0.15) is 0 Å². The van der Waals surface area contributed by atoms with Crippen LogP contribution in [0.15, 0.2) is 176 Å². The van der Waals surface area contributed by atoms with Gasteiger partial charge in [0.2, 0.25) is 0 Å². The van der Waals surface area contributed by atoms with E-state index in [1.54, 1.807) is 0 Å². The Labute approximate surface area is 299 Å². The van der Waals surface area contributed by atoms with E-state index in [4.69, 9.17) is 9.97 Å². The Balaban J connectivity index is 1.33. The molecular weight excluding hydrogens is 619 g/mol. The van der Waals surface area contributed by atoms with E-state index < -0.39 is 0 Å². The van der Waals surface area contributed by atoms with Crippen LogP contribution >= 0.6 is 0 Å². The highest BCUT2D eigenvalue weighted by molar-refractivity contribution is 6.14. The molecule has 0 radical (unpaired) electrons. The van der Waals surface area contributed by atoms with Crippen LogP contribution in [-0.4, -0.2) is 9.97 Å². The van der Waals surface area contributed by atoms with E-state index in [1.165, 1.54) is 38.3 Å². The van der Waals surface area contributed by atoms with E-state index in [0.29, 0.717) is 5.82 Å². The predicted molar refractivity (Wildman–Crippen MR) is 214 cm³/mol. The summed E-state index contributed by atoms with van der Waals surface area (Å²) in [4.78, 5) is 11.0. The van der Waals surface area contributed by atoms with Gasteiger partial charge in [0.25, 0.3) is 0 Å². The van der Waals surface area contributed by atoms with E-state index >= 15 is 0 Å². The lowest BCUT2D eigenvalue weighted by Crippen LogP contribution is -2.16. The third-order valence-electron chi connectivity index (χ3n) is 9.98. The predicted octanol–water partition coefficient (Wildman–Crippen LogP) is 12.3. The van der Waals surface area contributed by atoms with Crippen molar-refractivity contribution >= 4 is 27.1 Å². The Morgan fingerprint density at radius 2 is 1.24 bits per heavy atom. The van der Waals surface area contributed by atoms with Gasteiger partial charge in [-0.2, -0.15) is 0 Å². The first kappa shape index (κ1) is 30.7. The number of nitrogens with one attached hydrogen (secondary N) is 1. The second kappa shape index (κ2) is 13.2. The molecule has 1 atom stereocenters. The van der Waals surface area contributed by atoms with Gasteiger partial charge in [-0.1, -0.05) is 140 Å². The Bertz CT molecular complexity index is 2500. The summed E-state index contributed by atoms with van der Waals surface area (Å²) in [7, 11) is 0. The zero-order valence-corrected chi connectivity index (χ0v) is 28.6. The number of hydrogen-bond acceptors (Lipinski definition) is 3. The first-order chi connectivity index (χ1) is 25.2. The summed E-state index contributed by atoms with van der Waals surface area (Å²) in [5.74, 6) is 0.705. The lowest BCUT2D eigenvalue weighted by molar-refractivity contribution is 0.739. The lowest BCUT2D eigenvalue weighted by Gasteiger charge is -2.22. The summed E-state index contributed by atoms with van der Waals surface area (Å²) >= 11 is 0. The molecule has 0 amide bonds. The SMILES string of the molecule is CC1=CNC(c2cc(-c3nc(-c4ccccc4)c(C4=CCCC=C4)c(-c4ccccc4)n3)cc(-c3cc4ccccc4c4ccccc34)c2)C=C1. The first-order valence-corrected chi connectivity index (χ1v) is 17.8. The van der Waals surface area contributed by atoms with Crippen molar-refractivity contribution in [3.63, 3.8) is 0 Å². The van der Waals surface area contributed by atoms with Crippen LogP contribution in [0, 0.1) is 0 Å². The highest BCUT2D eigenvalue weighted by Gasteiger charge is 2.23. The molecular formula is C48H37N3. The summed E-state index contributed by atoms with van der Waals surface area (Å²) in [6.07, 6.45) is 15.4. The van der Waals surface area contributed by atoms with Crippen LogP contribution in [0.4, 0.5) is 0 Å². The van der Waals surface area contributed by atoms with Crippen molar-refractivity contribution in [1.29, 1.82) is 0 Å². The molecule has 0 saturated heterocycles. The molecule has 0 saturated carbocycles. The molecule has 3 heteroatoms. The lowest BCUT2D eigenvalue weighted by atomic mass is 9.89. The summed E-state index contributed by atoms with van der Waals surface area (Å²) in [5, 5.41) is 8.59. The summed E-state index contributed by atoms with van der Waals surface area (Å²) < 4.78 is 0. The molecule has 0 spiro atoms. The van der Waals surface area contributed by atoms with Crippen molar-refractivity contribution in [2.75, 3.05) is 0 Å². The second-order valence-electron chi connectivity index (χ2n) is 13.4. The smallest absolute Gasteiger partial charge is 0.160 e. The number of rotatable bonds is 6. The standard InChI is InChI=1S/C48H37N3/c1-32-25-26-44(49-31-32)38-27-37(43-30-36-21-11-12-22-40(36)41-23-13-14-24-42(41)43)28-39(29-38)48-50-46(34-17-7-3-8-18-34)45(33-15-5-2-6-16-33)47(51-48)35-19-9-4-10-20-35/h3-5,7-31,44,49H,2,6H2,1H3. The molecule has 1 aliphatic carbocycles. The Hall–Kier alpha value is -6.32. The van der Waals surface area contributed by atoms with E-state index in [9.17, 15) is 0 Å². The minimum Gasteiger partial charge on any atom is -0.380 e. The monoisotopic (exact) mass is 655 g/mol. The number of hydrogen-bond donors (Lipinski definition) is 1. The fourth-order valence-electron chi connectivity index (χ4n) is 7.46. The molecule has 3 nitrogen and oxygen atoms in total. The summed E-state index contributed by atoms with van der Waals surface area (Å²) in [6, 6.07) is 47.8. The van der Waals surface area contributed by atoms with Crippen LogP contribution in [0.2, 0.25) is 0 Å². The number of fused-ring (bicyclic) bond motifs is 3. The number of nitrogens with zero attached hydrogens (tertiary/aromatic N) is 2. The normalized spacial score (nSPS) is 15.4. The zero-order valence-electron chi connectivity index (χ0n) is 28.6. The van der Waals surface area contributed by atoms with E-state index in [-0.39, 0.29) is 6.04 Å². The summed E-state index contributed by atoms with van der Waals surface area (Å²) in [6.45, 7) is 2.12. The number of allylic oxidation sites excluding steroid dienone is 6. The maximum atomic E-state index is 5.48. The van der Waals surface area contributed by atoms with Crippen molar-refractivity contribution < 1.29 is 0 Å². The highest BCUT2D eigenvalue weighted by Crippen LogP contribution is 2.41. The van der Waals surface area contributed by atoms with Crippen molar-refractivity contribution in [2.45, 2.75) is 25.8 Å². The topological polar surface area (TPSA) is 37.8 Å². The third-order valence-corrected chi connectivity index (χ3v) is 9.98. The van der Waals surface area contributed by atoms with Gasteiger partial charge in [0.05, 0.1) is 17.4 Å². The van der Waals surface area contributed by atoms with Crippen molar-refractivity contribution in [2.24, 2.45) is 0 Å². The molecule has 1 aromatic heterocycles. The van der Waals surface area contributed by atoms with Crippen LogP contribution in [-0.2, 0) is 0 Å². The average molecular weight is 656 g/mol. The van der Waals surface area contributed by atoms with Crippen LogP contribution in [0.5, 0.6) is 0 Å². The molecule has 0 bridgehead atoms. The van der Waals surface area contributed by atoms with Crippen LogP contribution in [0.3, 0.4) is 0 Å². The van der Waals surface area contributed by atoms with Gasteiger partial charge in [-0.15, -0.1) is 0 Å². The molecule has 244 valence electrons. The quantitative estimate of drug-likeness (QED) is 0.181. The number of aromatic nitrogens is 2. The van der Waals surface area contributed by atoms with E-state index in [2.05, 4.69) is 182 Å². The molecule has 0 fully saturated rings. The fourth-order valence-corrected chi connectivity index (χ4v) is 7.46. The van der Waals surface area contributed by atoms with Gasteiger partial charge in [-0.25, -0.2) is 9.97 Å². The molecule has 51 heavy (non-hydrogen) atoms. The van der Waals surface area contributed by atoms with Crippen molar-refractivity contribution in [3.05, 3.63) is 187 Å². The second-order valence-corrected chi connectivity index (χ2v) is 13.4. The van der Waals surface area contributed by atoms with Gasteiger partial charge in [-0.3, -0.25) is 0 Å². The third kappa shape index (κ3) is 5.87. The number of benzene rings is 6. The average Bonchev–Trinajstić information content (AvgIpc) is 3.21. The maximum Gasteiger partial charge on any atom is 0.160 e. The summed E-state index contributed by atoms with van der Waals surface area (Å²) in [5.41, 5.74) is 11.9. The highest BCUT2D eigenvalue weighted by atomic mass is 14.9. The van der Waals surface area contributed by atoms with Crippen LogP contribution in [0.1, 0.15) is 36.9 Å². The van der Waals surface area contributed by atoms with Gasteiger partial charge in [0.15, 0.2) is 5.82 Å². The van der Waals surface area contributed by atoms with E-state index in [0.717, 1.165) is 57.6 Å². The molecule has 9 rings (SSSR count). The molecule has 2 heterocycles. The Kier molecular flexibility index (Phi) is 7.94. The molecule has 6 aromatic carbocycles. The molecule has 1 unspecified atom stereocenters. The minimum atomic E-state index is 0.0121. The van der Waals surface area contributed by atoms with E-state index in [1.807, 2.05) is 0 Å². The van der Waals surface area contributed by atoms with Gasteiger partial charge >= 0.3 is 0 Å². The largest absolute Gasteiger partial charge is 0.380 e. The van der Waals surface area contributed by atoms with Crippen LogP contribution in [0.25, 0.3) is 72.1 Å². The van der Waals surface area contributed by atoms with Crippen molar-refractivity contribution in [1.82, 2.24) is 15.3 Å². The molecule has 7 aromatic rings. The van der Waals surface area contributed by atoms with Gasteiger partial charge < -0.3 is 5.32 Å². The van der Waals surface area contributed by atoms with Gasteiger partial charge in [0, 0.05) is 28.5 Å². The molecule has 1 N–H and O–H groups in total. The Morgan fingerprint density at radius 1 is 0.588 bits per heavy atom. The fraction of sp³-hybridized carbons (Fsp3) is 0.0833. The maximum absolute atomic E-state index is 5.48. The number of dihydropyridines is 1. The van der Waals surface area contributed by atoms with Gasteiger partial charge in [-0.05, 0) is 93.4 Å². The first-order valence-electron chi connectivity index (χ1n) is 17.8. The van der Waals surface area contributed by atoms with Crippen LogP contribution < -0.4 is 5.32 Å². The molecule has 2 aliphatic rings. The van der Waals surface area contributed by atoms with Crippen molar-refractivity contribution in [3.8, 4) is 45.0 Å². The minimum absolute atomic E-state index is 0.0121. The Morgan fingerprint density at radius 3 is 1.90 bits per heavy atom. The zero-order chi connectivity index (χ0) is 34.1.